The van der Waals surface area contributed by atoms with Crippen LogP contribution >= 0.6 is 11.8 Å². The third-order valence-electron chi connectivity index (χ3n) is 2.29. The van der Waals surface area contributed by atoms with E-state index in [1.165, 1.54) is 0 Å². The molecule has 0 saturated carbocycles. The lowest BCUT2D eigenvalue weighted by molar-refractivity contribution is -0.0940. The van der Waals surface area contributed by atoms with Crippen LogP contribution < -0.4 is 0 Å². The van der Waals surface area contributed by atoms with E-state index in [1.807, 2.05) is 20.1 Å². The number of ether oxygens (including phenoxy) is 2. The van der Waals surface area contributed by atoms with E-state index in [-0.39, 0.29) is 11.8 Å². The van der Waals surface area contributed by atoms with Crippen LogP contribution in [0.3, 0.4) is 0 Å². The lowest BCUT2D eigenvalue weighted by Crippen LogP contribution is -2.25. The lowest BCUT2D eigenvalue weighted by atomic mass is 9.99. The van der Waals surface area contributed by atoms with Gasteiger partial charge in [0.1, 0.15) is 5.04 Å². The van der Waals surface area contributed by atoms with Crippen LogP contribution in [0.4, 0.5) is 0 Å². The van der Waals surface area contributed by atoms with Crippen molar-refractivity contribution in [3.05, 3.63) is 11.8 Å². The van der Waals surface area contributed by atoms with E-state index in [4.69, 9.17) is 9.47 Å². The highest BCUT2D eigenvalue weighted by Gasteiger charge is 2.24. The molecule has 0 aromatic heterocycles. The van der Waals surface area contributed by atoms with Crippen LogP contribution in [0.5, 0.6) is 0 Å². The molecule has 0 spiro atoms. The molecule has 1 rings (SSSR count). The number of hydrogen-bond acceptors (Lipinski definition) is 4. The third-order valence-corrected chi connectivity index (χ3v) is 2.97. The molecular formula is C12H21NO2S. The van der Waals surface area contributed by atoms with Gasteiger partial charge >= 0.3 is 0 Å². The summed E-state index contributed by atoms with van der Waals surface area (Å²) in [6.45, 7) is 8.78. The van der Waals surface area contributed by atoms with Crippen LogP contribution in [0, 0.1) is 0 Å². The summed E-state index contributed by atoms with van der Waals surface area (Å²) in [5, 5.41) is 0.961. The molecule has 0 N–H and O–H groups in total. The highest BCUT2D eigenvalue weighted by atomic mass is 32.2. The Hall–Kier alpha value is -0.480. The number of rotatable bonds is 4. The van der Waals surface area contributed by atoms with Gasteiger partial charge in [0.25, 0.3) is 0 Å². The van der Waals surface area contributed by atoms with Crippen molar-refractivity contribution in [3.8, 4) is 0 Å². The monoisotopic (exact) mass is 243 g/mol. The molecule has 0 aromatic rings. The maximum absolute atomic E-state index is 5.72. The van der Waals surface area contributed by atoms with Gasteiger partial charge < -0.3 is 9.47 Å². The largest absolute Gasteiger partial charge is 0.463 e. The third kappa shape index (κ3) is 3.83. The molecule has 92 valence electrons. The standard InChI is InChI=1S/C12H21NO2S/c1-6-14-9(2)15-10-7-8-12(3,4)13-11(10)16-5/h7,9H,6,8H2,1-5H3. The molecule has 16 heavy (non-hydrogen) atoms. The Morgan fingerprint density at radius 3 is 2.81 bits per heavy atom. The smallest absolute Gasteiger partial charge is 0.197 e. The molecule has 4 heteroatoms. The first-order valence-electron chi connectivity index (χ1n) is 5.61. The first kappa shape index (κ1) is 13.6. The summed E-state index contributed by atoms with van der Waals surface area (Å²) < 4.78 is 11.1. The van der Waals surface area contributed by atoms with Crippen molar-refractivity contribution >= 4 is 16.8 Å². The molecule has 1 atom stereocenters. The van der Waals surface area contributed by atoms with E-state index in [0.29, 0.717) is 6.61 Å². The molecule has 0 amide bonds. The molecular weight excluding hydrogens is 222 g/mol. The van der Waals surface area contributed by atoms with Crippen LogP contribution in [-0.4, -0.2) is 29.7 Å². The summed E-state index contributed by atoms with van der Waals surface area (Å²) in [5.74, 6) is 0.854. The predicted octanol–water partition coefficient (Wildman–Crippen LogP) is 3.21. The number of thioether (sulfide) groups is 1. The fourth-order valence-electron chi connectivity index (χ4n) is 1.50. The average molecular weight is 243 g/mol. The van der Waals surface area contributed by atoms with Gasteiger partial charge in [-0.1, -0.05) is 0 Å². The van der Waals surface area contributed by atoms with E-state index in [9.17, 15) is 0 Å². The SMILES string of the molecule is CCOC(C)OC1=CCC(C)(C)N=C1SC. The van der Waals surface area contributed by atoms with Crippen LogP contribution in [0.15, 0.2) is 16.8 Å². The number of dihydropyridines is 1. The second kappa shape index (κ2) is 5.73. The molecule has 1 aliphatic heterocycles. The molecule has 0 bridgehead atoms. The van der Waals surface area contributed by atoms with Gasteiger partial charge in [-0.3, -0.25) is 4.99 Å². The molecule has 0 saturated heterocycles. The van der Waals surface area contributed by atoms with E-state index < -0.39 is 0 Å². The van der Waals surface area contributed by atoms with Gasteiger partial charge in [-0.05, 0) is 46.4 Å². The van der Waals surface area contributed by atoms with Gasteiger partial charge in [0, 0.05) is 6.61 Å². The molecule has 0 radical (unpaired) electrons. The molecule has 0 aromatic carbocycles. The Morgan fingerprint density at radius 2 is 2.25 bits per heavy atom. The van der Waals surface area contributed by atoms with E-state index in [0.717, 1.165) is 17.2 Å². The van der Waals surface area contributed by atoms with Gasteiger partial charge in [0.15, 0.2) is 12.0 Å². The van der Waals surface area contributed by atoms with Crippen LogP contribution in [-0.2, 0) is 9.47 Å². The topological polar surface area (TPSA) is 30.8 Å². The van der Waals surface area contributed by atoms with Crippen LogP contribution in [0.2, 0.25) is 0 Å². The predicted molar refractivity (Wildman–Crippen MR) is 69.9 cm³/mol. The first-order valence-corrected chi connectivity index (χ1v) is 6.83. The molecule has 1 aliphatic rings. The zero-order chi connectivity index (χ0) is 12.2. The van der Waals surface area contributed by atoms with Gasteiger partial charge in [0.2, 0.25) is 0 Å². The van der Waals surface area contributed by atoms with Gasteiger partial charge in [-0.2, -0.15) is 0 Å². The first-order chi connectivity index (χ1) is 7.48. The van der Waals surface area contributed by atoms with Crippen molar-refractivity contribution in [3.63, 3.8) is 0 Å². The Bertz CT molecular complexity index is 297. The summed E-state index contributed by atoms with van der Waals surface area (Å²) >= 11 is 1.62. The highest BCUT2D eigenvalue weighted by molar-refractivity contribution is 8.13. The van der Waals surface area contributed by atoms with Crippen molar-refractivity contribution in [1.82, 2.24) is 0 Å². The zero-order valence-corrected chi connectivity index (χ0v) is 11.6. The maximum atomic E-state index is 5.72. The van der Waals surface area contributed by atoms with Gasteiger partial charge in [-0.25, -0.2) is 0 Å². The Morgan fingerprint density at radius 1 is 1.56 bits per heavy atom. The summed E-state index contributed by atoms with van der Waals surface area (Å²) in [5.41, 5.74) is -0.0138. The van der Waals surface area contributed by atoms with Gasteiger partial charge in [-0.15, -0.1) is 11.8 Å². The minimum atomic E-state index is -0.213. The zero-order valence-electron chi connectivity index (χ0n) is 10.7. The normalized spacial score (nSPS) is 21.1. The van der Waals surface area contributed by atoms with Crippen molar-refractivity contribution < 1.29 is 9.47 Å². The van der Waals surface area contributed by atoms with Crippen molar-refractivity contribution in [1.29, 1.82) is 0 Å². The summed E-state index contributed by atoms with van der Waals surface area (Å²) in [4.78, 5) is 4.66. The quantitative estimate of drug-likeness (QED) is 0.710. The number of nitrogens with zero attached hydrogens (tertiary/aromatic N) is 1. The lowest BCUT2D eigenvalue weighted by Gasteiger charge is -2.27. The van der Waals surface area contributed by atoms with E-state index in [1.54, 1.807) is 11.8 Å². The van der Waals surface area contributed by atoms with Crippen molar-refractivity contribution in [2.75, 3.05) is 12.9 Å². The summed E-state index contributed by atoms with van der Waals surface area (Å²) in [6.07, 6.45) is 4.82. The average Bonchev–Trinajstić information content (AvgIpc) is 2.21. The van der Waals surface area contributed by atoms with E-state index in [2.05, 4.69) is 24.9 Å². The van der Waals surface area contributed by atoms with E-state index >= 15 is 0 Å². The molecule has 3 nitrogen and oxygen atoms in total. The van der Waals surface area contributed by atoms with Crippen LogP contribution in [0.1, 0.15) is 34.1 Å². The highest BCUT2D eigenvalue weighted by Crippen LogP contribution is 2.27. The Labute approximate surface area is 102 Å². The number of aliphatic imine (C=N–C) groups is 1. The second-order valence-electron chi connectivity index (χ2n) is 4.35. The van der Waals surface area contributed by atoms with Gasteiger partial charge in [0.05, 0.1) is 5.54 Å². The molecule has 0 aliphatic carbocycles. The van der Waals surface area contributed by atoms with Crippen LogP contribution in [0.25, 0.3) is 0 Å². The second-order valence-corrected chi connectivity index (χ2v) is 5.14. The Kier molecular flexibility index (Phi) is 4.87. The molecule has 1 heterocycles. The molecule has 0 fully saturated rings. The minimum absolute atomic E-state index is 0.0138. The molecule has 1 unspecified atom stereocenters. The fraction of sp³-hybridized carbons (Fsp3) is 0.750. The Balaban J connectivity index is 2.67. The fourth-order valence-corrected chi connectivity index (χ4v) is 2.17. The van der Waals surface area contributed by atoms with Crippen molar-refractivity contribution in [2.24, 2.45) is 4.99 Å². The number of hydrogen-bond donors (Lipinski definition) is 0. The van der Waals surface area contributed by atoms with Crippen molar-refractivity contribution in [2.45, 2.75) is 45.9 Å². The summed E-state index contributed by atoms with van der Waals surface area (Å²) in [6, 6.07) is 0. The summed E-state index contributed by atoms with van der Waals surface area (Å²) in [7, 11) is 0. The maximum Gasteiger partial charge on any atom is 0.197 e. The minimum Gasteiger partial charge on any atom is -0.463 e.